The van der Waals surface area contributed by atoms with Crippen molar-refractivity contribution >= 4 is 5.91 Å². The van der Waals surface area contributed by atoms with E-state index in [1.807, 2.05) is 24.1 Å². The van der Waals surface area contributed by atoms with Crippen molar-refractivity contribution in [1.29, 1.82) is 0 Å². The number of amides is 1. The van der Waals surface area contributed by atoms with Gasteiger partial charge in [-0.25, -0.2) is 0 Å². The molecule has 2 aromatic rings. The Bertz CT molecular complexity index is 692. The summed E-state index contributed by atoms with van der Waals surface area (Å²) in [6.45, 7) is 3.47. The van der Waals surface area contributed by atoms with Gasteiger partial charge in [-0.3, -0.25) is 9.48 Å². The third-order valence-corrected chi connectivity index (χ3v) is 5.00. The topological polar surface area (TPSA) is 77.0 Å². The van der Waals surface area contributed by atoms with Crippen molar-refractivity contribution in [3.63, 3.8) is 0 Å². The Kier molecular flexibility index (Phi) is 4.08. The van der Waals surface area contributed by atoms with Gasteiger partial charge in [-0.05, 0) is 44.6 Å². The van der Waals surface area contributed by atoms with E-state index in [2.05, 4.69) is 15.2 Å². The molecule has 0 N–H and O–H groups in total. The van der Waals surface area contributed by atoms with Crippen LogP contribution >= 0.6 is 0 Å². The van der Waals surface area contributed by atoms with E-state index in [4.69, 9.17) is 4.52 Å². The summed E-state index contributed by atoms with van der Waals surface area (Å²) in [6.07, 6.45) is 8.77. The van der Waals surface area contributed by atoms with Crippen LogP contribution in [0.2, 0.25) is 0 Å². The molecule has 2 aliphatic rings. The zero-order valence-electron chi connectivity index (χ0n) is 14.0. The molecule has 24 heavy (non-hydrogen) atoms. The van der Waals surface area contributed by atoms with Crippen molar-refractivity contribution in [2.45, 2.75) is 51.0 Å². The van der Waals surface area contributed by atoms with Gasteiger partial charge in [0, 0.05) is 37.8 Å². The van der Waals surface area contributed by atoms with E-state index in [0.717, 1.165) is 44.1 Å². The summed E-state index contributed by atoms with van der Waals surface area (Å²) in [7, 11) is 0. The van der Waals surface area contributed by atoms with E-state index in [1.54, 1.807) is 10.9 Å². The number of hydrogen-bond donors (Lipinski definition) is 0. The zero-order valence-corrected chi connectivity index (χ0v) is 14.0. The molecule has 7 nitrogen and oxygen atoms in total. The molecule has 0 spiro atoms. The largest absolute Gasteiger partial charge is 0.341 e. The molecule has 0 radical (unpaired) electrons. The number of likely N-dealkylation sites (tertiary alicyclic amines) is 1. The van der Waals surface area contributed by atoms with Crippen LogP contribution in [0.1, 0.15) is 56.3 Å². The molecular formula is C17H23N5O2. The first-order valence-electron chi connectivity index (χ1n) is 8.81. The third-order valence-electron chi connectivity index (χ3n) is 5.00. The van der Waals surface area contributed by atoms with Crippen LogP contribution in [0.25, 0.3) is 0 Å². The molecule has 1 saturated carbocycles. The Morgan fingerprint density at radius 2 is 2.29 bits per heavy atom. The van der Waals surface area contributed by atoms with Crippen LogP contribution in [-0.2, 0) is 11.2 Å². The van der Waals surface area contributed by atoms with Crippen LogP contribution in [0.15, 0.2) is 23.0 Å². The number of carbonyl (C=O) groups is 1. The van der Waals surface area contributed by atoms with Crippen LogP contribution in [0.4, 0.5) is 0 Å². The van der Waals surface area contributed by atoms with Gasteiger partial charge in [-0.2, -0.15) is 10.1 Å². The standard InChI is InChI=1S/C17H23N5O2/c1-12(22-9-3-7-18-22)17(23)21-8-2-4-13(11-21)10-15-19-16(20-24-15)14-5-6-14/h3,7,9,12-14H,2,4-6,8,10-11H2,1H3. The highest BCUT2D eigenvalue weighted by molar-refractivity contribution is 5.80. The second kappa shape index (κ2) is 6.37. The number of carbonyl (C=O) groups excluding carboxylic acids is 1. The lowest BCUT2D eigenvalue weighted by Gasteiger charge is -2.33. The van der Waals surface area contributed by atoms with Gasteiger partial charge in [-0.1, -0.05) is 5.16 Å². The van der Waals surface area contributed by atoms with E-state index >= 15 is 0 Å². The molecule has 1 amide bonds. The maximum absolute atomic E-state index is 12.7. The predicted octanol–water partition coefficient (Wildman–Crippen LogP) is 2.19. The second-order valence-electron chi connectivity index (χ2n) is 6.98. The molecule has 4 rings (SSSR count). The fraction of sp³-hybridized carbons (Fsp3) is 0.647. The second-order valence-corrected chi connectivity index (χ2v) is 6.98. The molecule has 0 aromatic carbocycles. The lowest BCUT2D eigenvalue weighted by Crippen LogP contribution is -2.43. The van der Waals surface area contributed by atoms with Crippen molar-refractivity contribution in [2.75, 3.05) is 13.1 Å². The van der Waals surface area contributed by atoms with Gasteiger partial charge in [0.1, 0.15) is 6.04 Å². The SMILES string of the molecule is CC(C(=O)N1CCCC(Cc2nc(C3CC3)no2)C1)n1cccn1. The van der Waals surface area contributed by atoms with Gasteiger partial charge in [0.2, 0.25) is 11.8 Å². The van der Waals surface area contributed by atoms with Gasteiger partial charge in [0.15, 0.2) is 5.82 Å². The Morgan fingerprint density at radius 1 is 1.42 bits per heavy atom. The minimum Gasteiger partial charge on any atom is -0.341 e. The molecule has 0 bridgehead atoms. The van der Waals surface area contributed by atoms with Gasteiger partial charge in [0.25, 0.3) is 0 Å². The first kappa shape index (κ1) is 15.4. The van der Waals surface area contributed by atoms with Gasteiger partial charge in [-0.15, -0.1) is 0 Å². The van der Waals surface area contributed by atoms with E-state index < -0.39 is 0 Å². The van der Waals surface area contributed by atoms with Crippen molar-refractivity contribution in [1.82, 2.24) is 24.8 Å². The Labute approximate surface area is 141 Å². The van der Waals surface area contributed by atoms with Crippen LogP contribution in [0.5, 0.6) is 0 Å². The molecule has 7 heteroatoms. The summed E-state index contributed by atoms with van der Waals surface area (Å²) < 4.78 is 7.11. The number of hydrogen-bond acceptors (Lipinski definition) is 5. The highest BCUT2D eigenvalue weighted by atomic mass is 16.5. The Hall–Kier alpha value is -2.18. The highest BCUT2D eigenvalue weighted by Gasteiger charge is 2.31. The molecular weight excluding hydrogens is 306 g/mol. The average Bonchev–Trinajstić information content (AvgIpc) is 3.11. The van der Waals surface area contributed by atoms with Crippen LogP contribution in [-0.4, -0.2) is 43.8 Å². The molecule has 2 unspecified atom stereocenters. The average molecular weight is 329 g/mol. The maximum Gasteiger partial charge on any atom is 0.247 e. The number of rotatable bonds is 5. The van der Waals surface area contributed by atoms with Crippen molar-refractivity contribution in [2.24, 2.45) is 5.92 Å². The summed E-state index contributed by atoms with van der Waals surface area (Å²) in [6, 6.07) is 1.58. The van der Waals surface area contributed by atoms with Crippen LogP contribution in [0, 0.1) is 5.92 Å². The molecule has 3 heterocycles. The number of aromatic nitrogens is 4. The van der Waals surface area contributed by atoms with Crippen LogP contribution < -0.4 is 0 Å². The molecule has 1 aliphatic carbocycles. The summed E-state index contributed by atoms with van der Waals surface area (Å²) >= 11 is 0. The fourth-order valence-corrected chi connectivity index (χ4v) is 3.42. The first-order valence-corrected chi connectivity index (χ1v) is 8.81. The maximum atomic E-state index is 12.7. The van der Waals surface area contributed by atoms with E-state index in [1.165, 1.54) is 12.8 Å². The first-order chi connectivity index (χ1) is 11.7. The lowest BCUT2D eigenvalue weighted by atomic mass is 9.94. The van der Waals surface area contributed by atoms with Gasteiger partial charge in [0.05, 0.1) is 0 Å². The molecule has 1 aliphatic heterocycles. The quantitative estimate of drug-likeness (QED) is 0.840. The minimum atomic E-state index is -0.261. The monoisotopic (exact) mass is 329 g/mol. The summed E-state index contributed by atoms with van der Waals surface area (Å²) in [5.41, 5.74) is 0. The molecule has 1 saturated heterocycles. The van der Waals surface area contributed by atoms with Crippen molar-refractivity contribution < 1.29 is 9.32 Å². The summed E-state index contributed by atoms with van der Waals surface area (Å²) in [5, 5.41) is 8.26. The molecule has 128 valence electrons. The Morgan fingerprint density at radius 3 is 3.04 bits per heavy atom. The van der Waals surface area contributed by atoms with Gasteiger partial charge >= 0.3 is 0 Å². The van der Waals surface area contributed by atoms with E-state index in [-0.39, 0.29) is 11.9 Å². The van der Waals surface area contributed by atoms with Crippen LogP contribution in [0.3, 0.4) is 0 Å². The lowest BCUT2D eigenvalue weighted by molar-refractivity contribution is -0.136. The van der Waals surface area contributed by atoms with Crippen molar-refractivity contribution in [3.8, 4) is 0 Å². The predicted molar refractivity (Wildman–Crippen MR) is 86.2 cm³/mol. The summed E-state index contributed by atoms with van der Waals surface area (Å²) in [5.74, 6) is 2.62. The summed E-state index contributed by atoms with van der Waals surface area (Å²) in [4.78, 5) is 19.2. The highest BCUT2D eigenvalue weighted by Crippen LogP contribution is 2.38. The normalized spacial score (nSPS) is 22.5. The molecule has 2 atom stereocenters. The zero-order chi connectivity index (χ0) is 16.5. The third kappa shape index (κ3) is 3.20. The number of piperidine rings is 1. The van der Waals surface area contributed by atoms with E-state index in [0.29, 0.717) is 11.8 Å². The fourth-order valence-electron chi connectivity index (χ4n) is 3.42. The molecule has 2 aromatic heterocycles. The van der Waals surface area contributed by atoms with E-state index in [9.17, 15) is 4.79 Å². The minimum absolute atomic E-state index is 0.132. The number of nitrogens with zero attached hydrogens (tertiary/aromatic N) is 5. The molecule has 2 fully saturated rings. The van der Waals surface area contributed by atoms with Crippen molar-refractivity contribution in [3.05, 3.63) is 30.2 Å². The van der Waals surface area contributed by atoms with Gasteiger partial charge < -0.3 is 9.42 Å². The smallest absolute Gasteiger partial charge is 0.247 e. The Balaban J connectivity index is 1.36.